The van der Waals surface area contributed by atoms with Crippen molar-refractivity contribution in [1.29, 1.82) is 0 Å². The summed E-state index contributed by atoms with van der Waals surface area (Å²) < 4.78 is 0. The summed E-state index contributed by atoms with van der Waals surface area (Å²) in [6.07, 6.45) is 3.15. The fraction of sp³-hybridized carbons (Fsp3) is 0.259. The van der Waals surface area contributed by atoms with E-state index < -0.39 is 0 Å². The summed E-state index contributed by atoms with van der Waals surface area (Å²) in [6, 6.07) is 26.1. The van der Waals surface area contributed by atoms with Crippen LogP contribution in [0.1, 0.15) is 41.8 Å². The van der Waals surface area contributed by atoms with Gasteiger partial charge in [-0.2, -0.15) is 0 Å². The maximum Gasteiger partial charge on any atom is 0.238 e. The van der Waals surface area contributed by atoms with E-state index >= 15 is 0 Å². The van der Waals surface area contributed by atoms with Gasteiger partial charge in [-0.3, -0.25) is 14.5 Å². The van der Waals surface area contributed by atoms with Gasteiger partial charge in [0.1, 0.15) is 5.37 Å². The molecule has 2 amide bonds. The van der Waals surface area contributed by atoms with Crippen LogP contribution in [0.4, 0.5) is 11.4 Å². The molecule has 164 valence electrons. The summed E-state index contributed by atoms with van der Waals surface area (Å²) in [5, 5.41) is 2.93. The van der Waals surface area contributed by atoms with Crippen LogP contribution in [0, 0.1) is 0 Å². The summed E-state index contributed by atoms with van der Waals surface area (Å²) in [4.78, 5) is 27.0. The Hall–Kier alpha value is -3.05. The Morgan fingerprint density at radius 2 is 1.69 bits per heavy atom. The number of hydrogen-bond donors (Lipinski definition) is 1. The van der Waals surface area contributed by atoms with Crippen LogP contribution < -0.4 is 10.2 Å². The second-order valence-corrected chi connectivity index (χ2v) is 9.03. The number of benzene rings is 3. The zero-order chi connectivity index (χ0) is 22.3. The molecular weight excluding hydrogens is 416 g/mol. The molecule has 0 bridgehead atoms. The van der Waals surface area contributed by atoms with Gasteiger partial charge in [-0.25, -0.2) is 0 Å². The molecule has 0 unspecified atom stereocenters. The van der Waals surface area contributed by atoms with Crippen LogP contribution in [0.3, 0.4) is 0 Å². The van der Waals surface area contributed by atoms with E-state index in [1.165, 1.54) is 5.56 Å². The second-order valence-electron chi connectivity index (χ2n) is 7.96. The molecule has 0 saturated carbocycles. The second kappa shape index (κ2) is 10.5. The third-order valence-electron chi connectivity index (χ3n) is 5.60. The molecule has 4 rings (SSSR count). The van der Waals surface area contributed by atoms with Gasteiger partial charge in [-0.15, -0.1) is 11.8 Å². The minimum absolute atomic E-state index is 0.00198. The number of nitrogens with one attached hydrogen (secondary N) is 1. The highest BCUT2D eigenvalue weighted by Gasteiger charge is 2.34. The number of amides is 2. The van der Waals surface area contributed by atoms with E-state index in [4.69, 9.17) is 0 Å². The lowest BCUT2D eigenvalue weighted by Gasteiger charge is -2.26. The maximum absolute atomic E-state index is 12.8. The van der Waals surface area contributed by atoms with Gasteiger partial charge in [0.05, 0.1) is 5.75 Å². The van der Waals surface area contributed by atoms with Gasteiger partial charge in [0.2, 0.25) is 11.8 Å². The molecule has 4 nitrogen and oxygen atoms in total. The molecule has 3 aromatic rings. The highest BCUT2D eigenvalue weighted by molar-refractivity contribution is 8.00. The first-order valence-electron chi connectivity index (χ1n) is 11.1. The van der Waals surface area contributed by atoms with Gasteiger partial charge in [0, 0.05) is 17.8 Å². The van der Waals surface area contributed by atoms with E-state index in [9.17, 15) is 9.59 Å². The SMILES string of the molecule is CCCc1ccccc1N1C(=O)CS[C@H]1c1ccc(NC(=O)CCc2ccccc2)cc1. The minimum Gasteiger partial charge on any atom is -0.326 e. The fourth-order valence-electron chi connectivity index (χ4n) is 4.01. The van der Waals surface area contributed by atoms with Crippen molar-refractivity contribution in [2.45, 2.75) is 38.0 Å². The molecule has 0 spiro atoms. The third-order valence-corrected chi connectivity index (χ3v) is 6.81. The number of carbonyl (C=O) groups is 2. The molecule has 1 saturated heterocycles. The van der Waals surface area contributed by atoms with Gasteiger partial charge < -0.3 is 5.32 Å². The van der Waals surface area contributed by atoms with Gasteiger partial charge in [0.15, 0.2) is 0 Å². The number of hydrogen-bond acceptors (Lipinski definition) is 3. The molecule has 1 aliphatic rings. The van der Waals surface area contributed by atoms with E-state index in [2.05, 4.69) is 18.3 Å². The molecule has 3 aromatic carbocycles. The number of thioether (sulfide) groups is 1. The normalized spacial score (nSPS) is 15.7. The number of anilines is 2. The molecule has 1 heterocycles. The number of rotatable bonds is 8. The Bertz CT molecular complexity index is 1070. The van der Waals surface area contributed by atoms with Gasteiger partial charge in [-0.1, -0.05) is 74.0 Å². The molecular formula is C27H28N2O2S. The van der Waals surface area contributed by atoms with Crippen LogP contribution in [0.2, 0.25) is 0 Å². The van der Waals surface area contributed by atoms with Gasteiger partial charge >= 0.3 is 0 Å². The van der Waals surface area contributed by atoms with Crippen LogP contribution in [-0.2, 0) is 22.4 Å². The highest BCUT2D eigenvalue weighted by atomic mass is 32.2. The van der Waals surface area contributed by atoms with Gasteiger partial charge in [0.25, 0.3) is 0 Å². The molecule has 1 fully saturated rings. The zero-order valence-corrected chi connectivity index (χ0v) is 19.1. The molecule has 0 radical (unpaired) electrons. The van der Waals surface area contributed by atoms with Crippen LogP contribution in [0.15, 0.2) is 78.9 Å². The Labute approximate surface area is 194 Å². The average molecular weight is 445 g/mol. The highest BCUT2D eigenvalue weighted by Crippen LogP contribution is 2.43. The maximum atomic E-state index is 12.8. The lowest BCUT2D eigenvalue weighted by Crippen LogP contribution is -2.28. The molecule has 32 heavy (non-hydrogen) atoms. The quantitative estimate of drug-likeness (QED) is 0.464. The van der Waals surface area contributed by atoms with Crippen LogP contribution in [-0.4, -0.2) is 17.6 Å². The van der Waals surface area contributed by atoms with Gasteiger partial charge in [-0.05, 0) is 47.7 Å². The van der Waals surface area contributed by atoms with Crippen LogP contribution in [0.5, 0.6) is 0 Å². The predicted octanol–water partition coefficient (Wildman–Crippen LogP) is 5.99. The van der Waals surface area contributed by atoms with Crippen molar-refractivity contribution in [3.8, 4) is 0 Å². The topological polar surface area (TPSA) is 49.4 Å². The Morgan fingerprint density at radius 3 is 2.44 bits per heavy atom. The molecule has 1 aliphatic heterocycles. The smallest absolute Gasteiger partial charge is 0.238 e. The number of para-hydroxylation sites is 1. The van der Waals surface area contributed by atoms with Crippen molar-refractivity contribution in [3.63, 3.8) is 0 Å². The standard InChI is InChI=1S/C27H28N2O2S/c1-2-8-21-11-6-7-12-24(21)29-26(31)19-32-27(29)22-14-16-23(17-15-22)28-25(30)18-13-20-9-4-3-5-10-20/h3-7,9-12,14-17,27H,2,8,13,18-19H2,1H3,(H,28,30)/t27-/m0/s1. The largest absolute Gasteiger partial charge is 0.326 e. The first-order chi connectivity index (χ1) is 15.7. The number of carbonyl (C=O) groups excluding carboxylic acids is 2. The van der Waals surface area contributed by atoms with E-state index in [0.717, 1.165) is 41.8 Å². The molecule has 1 N–H and O–H groups in total. The Kier molecular flexibility index (Phi) is 7.28. The first kappa shape index (κ1) is 22.2. The molecule has 0 aliphatic carbocycles. The summed E-state index contributed by atoms with van der Waals surface area (Å²) >= 11 is 1.65. The van der Waals surface area contributed by atoms with E-state index in [1.54, 1.807) is 11.8 Å². The van der Waals surface area contributed by atoms with Crippen molar-refractivity contribution in [2.75, 3.05) is 16.0 Å². The molecule has 5 heteroatoms. The van der Waals surface area contributed by atoms with Crippen LogP contribution >= 0.6 is 11.8 Å². The van der Waals surface area contributed by atoms with Crippen molar-refractivity contribution in [1.82, 2.24) is 0 Å². The average Bonchev–Trinajstić information content (AvgIpc) is 3.20. The van der Waals surface area contributed by atoms with E-state index in [0.29, 0.717) is 12.2 Å². The summed E-state index contributed by atoms with van der Waals surface area (Å²) in [5.74, 6) is 0.618. The predicted molar refractivity (Wildman–Crippen MR) is 133 cm³/mol. The lowest BCUT2D eigenvalue weighted by atomic mass is 10.1. The Morgan fingerprint density at radius 1 is 0.969 bits per heavy atom. The zero-order valence-electron chi connectivity index (χ0n) is 18.3. The molecule has 1 atom stereocenters. The number of nitrogens with zero attached hydrogens (tertiary/aromatic N) is 1. The summed E-state index contributed by atoms with van der Waals surface area (Å²) in [5.41, 5.74) is 5.21. The minimum atomic E-state index is -0.0525. The van der Waals surface area contributed by atoms with Crippen LogP contribution in [0.25, 0.3) is 0 Å². The first-order valence-corrected chi connectivity index (χ1v) is 12.2. The Balaban J connectivity index is 1.44. The lowest BCUT2D eigenvalue weighted by molar-refractivity contribution is -0.116. The van der Waals surface area contributed by atoms with Crippen molar-refractivity contribution < 1.29 is 9.59 Å². The fourth-order valence-corrected chi connectivity index (χ4v) is 5.18. The summed E-state index contributed by atoms with van der Waals surface area (Å²) in [7, 11) is 0. The monoisotopic (exact) mass is 444 g/mol. The summed E-state index contributed by atoms with van der Waals surface area (Å²) in [6.45, 7) is 2.15. The molecule has 0 aromatic heterocycles. The van der Waals surface area contributed by atoms with Crippen molar-refractivity contribution in [3.05, 3.63) is 95.6 Å². The van der Waals surface area contributed by atoms with E-state index in [1.807, 2.05) is 77.7 Å². The van der Waals surface area contributed by atoms with E-state index in [-0.39, 0.29) is 17.2 Å². The van der Waals surface area contributed by atoms with Crippen molar-refractivity contribution >= 4 is 35.0 Å². The van der Waals surface area contributed by atoms with Crippen molar-refractivity contribution in [2.24, 2.45) is 0 Å². The number of aryl methyl sites for hydroxylation is 2. The third kappa shape index (κ3) is 5.22.